The van der Waals surface area contributed by atoms with Crippen molar-refractivity contribution in [2.24, 2.45) is 0 Å². The van der Waals surface area contributed by atoms with Gasteiger partial charge in [-0.2, -0.15) is 16.9 Å². The van der Waals surface area contributed by atoms with E-state index in [2.05, 4.69) is 51.1 Å². The number of nitrogens with zero attached hydrogens (tertiary/aromatic N) is 2. The Morgan fingerprint density at radius 1 is 1.33 bits per heavy atom. The summed E-state index contributed by atoms with van der Waals surface area (Å²) in [6.45, 7) is 7.21. The predicted octanol–water partition coefficient (Wildman–Crippen LogP) is 3.46. The topological polar surface area (TPSA) is 29.9 Å². The van der Waals surface area contributed by atoms with Crippen molar-refractivity contribution >= 4 is 27.7 Å². The van der Waals surface area contributed by atoms with E-state index in [0.29, 0.717) is 0 Å². The summed E-state index contributed by atoms with van der Waals surface area (Å²) in [6.07, 6.45) is 5.69. The first-order valence-corrected chi connectivity index (χ1v) is 8.86. The molecule has 0 bridgehead atoms. The maximum Gasteiger partial charge on any atom is 0.0767 e. The second-order valence-electron chi connectivity index (χ2n) is 4.25. The third-order valence-electron chi connectivity index (χ3n) is 2.94. The molecule has 18 heavy (non-hydrogen) atoms. The highest BCUT2D eigenvalue weighted by Gasteiger charge is 2.12. The molecule has 1 aromatic heterocycles. The van der Waals surface area contributed by atoms with E-state index in [1.54, 1.807) is 0 Å². The molecule has 0 saturated heterocycles. The zero-order chi connectivity index (χ0) is 13.4. The predicted molar refractivity (Wildman–Crippen MR) is 84.3 cm³/mol. The first-order valence-electron chi connectivity index (χ1n) is 6.68. The molecule has 0 aromatic carbocycles. The summed E-state index contributed by atoms with van der Waals surface area (Å²) in [6, 6.07) is 0. The van der Waals surface area contributed by atoms with Crippen LogP contribution in [0.15, 0.2) is 4.47 Å². The fourth-order valence-corrected chi connectivity index (χ4v) is 3.09. The molecule has 1 rings (SSSR count). The molecule has 3 nitrogen and oxygen atoms in total. The third-order valence-corrected chi connectivity index (χ3v) is 4.55. The van der Waals surface area contributed by atoms with Gasteiger partial charge in [0.1, 0.15) is 0 Å². The second-order valence-corrected chi connectivity index (χ2v) is 6.03. The van der Waals surface area contributed by atoms with Gasteiger partial charge in [-0.25, -0.2) is 0 Å². The van der Waals surface area contributed by atoms with E-state index in [4.69, 9.17) is 0 Å². The summed E-state index contributed by atoms with van der Waals surface area (Å²) in [4.78, 5) is 0. The minimum Gasteiger partial charge on any atom is -0.311 e. The smallest absolute Gasteiger partial charge is 0.0767 e. The molecular weight excluding hydrogens is 310 g/mol. The lowest BCUT2D eigenvalue weighted by Gasteiger charge is -2.07. The van der Waals surface area contributed by atoms with Gasteiger partial charge in [-0.3, -0.25) is 4.68 Å². The van der Waals surface area contributed by atoms with Gasteiger partial charge in [-0.15, -0.1) is 0 Å². The Morgan fingerprint density at radius 2 is 2.11 bits per heavy atom. The highest BCUT2D eigenvalue weighted by molar-refractivity contribution is 9.10. The SMILES string of the molecule is CCc1nn(CC)c(CNCCCCSC)c1Br. The molecule has 0 amide bonds. The molecule has 5 heteroatoms. The fraction of sp³-hybridized carbons (Fsp3) is 0.769. The zero-order valence-electron chi connectivity index (χ0n) is 11.6. The number of nitrogens with one attached hydrogen (secondary N) is 1. The molecular formula is C13H24BrN3S. The number of aromatic nitrogens is 2. The molecule has 0 atom stereocenters. The zero-order valence-corrected chi connectivity index (χ0v) is 14.0. The van der Waals surface area contributed by atoms with Gasteiger partial charge in [0.15, 0.2) is 0 Å². The molecule has 0 saturated carbocycles. The van der Waals surface area contributed by atoms with Crippen LogP contribution >= 0.6 is 27.7 Å². The Kier molecular flexibility index (Phi) is 8.02. The Morgan fingerprint density at radius 3 is 2.72 bits per heavy atom. The van der Waals surface area contributed by atoms with Gasteiger partial charge in [0.2, 0.25) is 0 Å². The van der Waals surface area contributed by atoms with Gasteiger partial charge in [0, 0.05) is 13.1 Å². The maximum atomic E-state index is 4.60. The van der Waals surface area contributed by atoms with Crippen molar-refractivity contribution in [1.29, 1.82) is 0 Å². The number of halogens is 1. The number of hydrogen-bond donors (Lipinski definition) is 1. The van der Waals surface area contributed by atoms with E-state index in [9.17, 15) is 0 Å². The molecule has 0 aliphatic carbocycles. The molecule has 0 aliphatic heterocycles. The molecule has 1 aromatic rings. The van der Waals surface area contributed by atoms with E-state index in [1.807, 2.05) is 11.8 Å². The lowest BCUT2D eigenvalue weighted by molar-refractivity contribution is 0.568. The number of rotatable bonds is 9. The fourth-order valence-electron chi connectivity index (χ4n) is 1.89. The van der Waals surface area contributed by atoms with Crippen molar-refractivity contribution in [2.75, 3.05) is 18.6 Å². The summed E-state index contributed by atoms with van der Waals surface area (Å²) in [5.41, 5.74) is 2.44. The number of thioether (sulfide) groups is 1. The van der Waals surface area contributed by atoms with Gasteiger partial charge >= 0.3 is 0 Å². The quantitative estimate of drug-likeness (QED) is 0.702. The van der Waals surface area contributed by atoms with Crippen molar-refractivity contribution in [2.45, 2.75) is 46.2 Å². The van der Waals surface area contributed by atoms with Crippen LogP contribution < -0.4 is 5.32 Å². The van der Waals surface area contributed by atoms with Gasteiger partial charge < -0.3 is 5.32 Å². The van der Waals surface area contributed by atoms with Crippen LogP contribution in [0.25, 0.3) is 0 Å². The van der Waals surface area contributed by atoms with Gasteiger partial charge in [-0.1, -0.05) is 6.92 Å². The molecule has 0 unspecified atom stereocenters. The van der Waals surface area contributed by atoms with Crippen LogP contribution in [0.1, 0.15) is 38.1 Å². The van der Waals surface area contributed by atoms with E-state index in [-0.39, 0.29) is 0 Å². The molecule has 0 spiro atoms. The van der Waals surface area contributed by atoms with Crippen LogP contribution in [0.4, 0.5) is 0 Å². The summed E-state index contributed by atoms with van der Waals surface area (Å²) in [7, 11) is 0. The lowest BCUT2D eigenvalue weighted by Crippen LogP contribution is -2.18. The standard InChI is InChI=1S/C13H24BrN3S/c1-4-11-13(14)12(17(5-2)16-11)10-15-8-6-7-9-18-3/h15H,4-10H2,1-3H3. The van der Waals surface area contributed by atoms with E-state index < -0.39 is 0 Å². The average Bonchev–Trinajstić information content (AvgIpc) is 2.70. The first kappa shape index (κ1) is 16.1. The lowest BCUT2D eigenvalue weighted by atomic mass is 10.3. The Balaban J connectivity index is 2.43. The van der Waals surface area contributed by atoms with Crippen molar-refractivity contribution in [3.8, 4) is 0 Å². The van der Waals surface area contributed by atoms with Crippen molar-refractivity contribution in [3.05, 3.63) is 15.9 Å². The van der Waals surface area contributed by atoms with Crippen LogP contribution in [0.3, 0.4) is 0 Å². The monoisotopic (exact) mass is 333 g/mol. The largest absolute Gasteiger partial charge is 0.311 e. The molecule has 0 aliphatic rings. The van der Waals surface area contributed by atoms with Crippen LogP contribution in [0.2, 0.25) is 0 Å². The Bertz CT molecular complexity index is 352. The number of hydrogen-bond acceptors (Lipinski definition) is 3. The third kappa shape index (κ3) is 4.59. The summed E-state index contributed by atoms with van der Waals surface area (Å²) >= 11 is 5.59. The highest BCUT2D eigenvalue weighted by Crippen LogP contribution is 2.22. The van der Waals surface area contributed by atoms with Crippen LogP contribution in [0.5, 0.6) is 0 Å². The van der Waals surface area contributed by atoms with Crippen molar-refractivity contribution in [3.63, 3.8) is 0 Å². The summed E-state index contributed by atoms with van der Waals surface area (Å²) in [5, 5.41) is 8.11. The molecule has 0 radical (unpaired) electrons. The van der Waals surface area contributed by atoms with E-state index >= 15 is 0 Å². The van der Waals surface area contributed by atoms with Gasteiger partial charge in [-0.05, 0) is 60.7 Å². The van der Waals surface area contributed by atoms with Crippen molar-refractivity contribution < 1.29 is 0 Å². The Hall–Kier alpha value is -0.000000000000000111. The minimum absolute atomic E-state index is 0.903. The van der Waals surface area contributed by atoms with Crippen molar-refractivity contribution in [1.82, 2.24) is 15.1 Å². The molecule has 104 valence electrons. The van der Waals surface area contributed by atoms with Crippen LogP contribution in [-0.4, -0.2) is 28.3 Å². The average molecular weight is 334 g/mol. The normalized spacial score (nSPS) is 11.1. The van der Waals surface area contributed by atoms with Gasteiger partial charge in [0.25, 0.3) is 0 Å². The van der Waals surface area contributed by atoms with Crippen LogP contribution in [0, 0.1) is 0 Å². The minimum atomic E-state index is 0.903. The Labute approximate surface area is 123 Å². The van der Waals surface area contributed by atoms with E-state index in [0.717, 1.165) is 31.7 Å². The summed E-state index contributed by atoms with van der Waals surface area (Å²) in [5.74, 6) is 1.26. The first-order chi connectivity index (χ1) is 8.74. The molecule has 0 fully saturated rings. The highest BCUT2D eigenvalue weighted by atomic mass is 79.9. The van der Waals surface area contributed by atoms with Gasteiger partial charge in [0.05, 0.1) is 15.9 Å². The van der Waals surface area contributed by atoms with Crippen LogP contribution in [-0.2, 0) is 19.5 Å². The molecule has 1 N–H and O–H groups in total. The number of aryl methyl sites for hydroxylation is 2. The van der Waals surface area contributed by atoms with E-state index in [1.165, 1.54) is 28.8 Å². The summed E-state index contributed by atoms with van der Waals surface area (Å²) < 4.78 is 3.28. The second kappa shape index (κ2) is 8.99. The number of unbranched alkanes of at least 4 members (excludes halogenated alkanes) is 1. The molecule has 1 heterocycles. The maximum absolute atomic E-state index is 4.60.